The van der Waals surface area contributed by atoms with Crippen molar-refractivity contribution in [3.63, 3.8) is 0 Å². The fraction of sp³-hybridized carbons (Fsp3) is 0.467. The van der Waals surface area contributed by atoms with Gasteiger partial charge in [-0.05, 0) is 0 Å². The largest absolute Gasteiger partial charge is 2.00 e. The van der Waals surface area contributed by atoms with Gasteiger partial charge < -0.3 is 67.3 Å². The smallest absolute Gasteiger partial charge is 0.548 e. The number of rotatable bonds is 10. The molecule has 0 aromatic rings. The molecule has 0 aromatic heterocycles. The Morgan fingerprint density at radius 3 is 0.771 bits per heavy atom. The summed E-state index contributed by atoms with van der Waals surface area (Å²) >= 11 is 0. The third-order valence-corrected chi connectivity index (χ3v) is 2.39. The van der Waals surface area contributed by atoms with Crippen LogP contribution in [0.15, 0.2) is 0 Å². The molecular formula is C15H22KMgN3O15. The maximum absolute atomic E-state index is 9.74. The molecule has 0 heterocycles. The molecule has 0 amide bonds. The summed E-state index contributed by atoms with van der Waals surface area (Å²) in [6.07, 6.45) is -1.78. The second kappa shape index (κ2) is 26.8. The second-order valence-electron chi connectivity index (χ2n) is 5.43. The summed E-state index contributed by atoms with van der Waals surface area (Å²) < 4.78 is 0. The normalized spacial score (nSPS) is 11.0. The fourth-order valence-corrected chi connectivity index (χ4v) is 0.814. The van der Waals surface area contributed by atoms with Crippen LogP contribution in [0.3, 0.4) is 0 Å². The third-order valence-electron chi connectivity index (χ3n) is 2.39. The summed E-state index contributed by atoms with van der Waals surface area (Å²) in [6, 6.07) is -4.20. The molecule has 3 atom stereocenters. The van der Waals surface area contributed by atoms with E-state index >= 15 is 0 Å². The first-order chi connectivity index (χ1) is 14.8. The van der Waals surface area contributed by atoms with Crippen LogP contribution < -0.4 is 83.9 Å². The number of nitrogens with two attached hydrogens (primary N) is 3. The monoisotopic (exact) mass is 547 g/mol. The molecule has 0 radical (unpaired) electrons. The SMILES string of the molecule is CC(=O)C(=O)O.N[C@@H](CC(=O)O)C(=O)[O-].N[C@@H](CC(=O)O)C(=O)[O-].N[C@@H](CC(=O)O)C(=O)[O-].[K+].[Mg+2]. The number of Topliss-reactive ketones (excluding diaryl/α,β-unsaturated/α-hetero) is 1. The quantitative estimate of drug-likeness (QED) is 0.0984. The van der Waals surface area contributed by atoms with Crippen molar-refractivity contribution in [2.75, 3.05) is 0 Å². The Bertz CT molecular complexity index is 646. The fourth-order valence-electron chi connectivity index (χ4n) is 0.814. The van der Waals surface area contributed by atoms with Gasteiger partial charge in [-0.1, -0.05) is 0 Å². The summed E-state index contributed by atoms with van der Waals surface area (Å²) in [6.45, 7) is 1.00. The first-order valence-electron chi connectivity index (χ1n) is 8.04. The van der Waals surface area contributed by atoms with E-state index < -0.39 is 85.0 Å². The Morgan fingerprint density at radius 1 is 0.600 bits per heavy atom. The van der Waals surface area contributed by atoms with Crippen molar-refractivity contribution in [2.24, 2.45) is 17.2 Å². The van der Waals surface area contributed by atoms with Gasteiger partial charge in [-0.2, -0.15) is 0 Å². The van der Waals surface area contributed by atoms with E-state index in [-0.39, 0.29) is 74.4 Å². The maximum Gasteiger partial charge on any atom is 2.00 e. The van der Waals surface area contributed by atoms with E-state index in [0.717, 1.165) is 6.92 Å². The van der Waals surface area contributed by atoms with Gasteiger partial charge in [0.1, 0.15) is 0 Å². The van der Waals surface area contributed by atoms with E-state index in [1.54, 1.807) is 0 Å². The minimum absolute atomic E-state index is 0. The zero-order chi connectivity index (χ0) is 27.5. The zero-order valence-corrected chi connectivity index (χ0v) is 23.1. The Morgan fingerprint density at radius 2 is 0.743 bits per heavy atom. The topological polar surface area (TPSA) is 365 Å². The molecule has 190 valence electrons. The molecule has 0 bridgehead atoms. The molecule has 0 saturated heterocycles. The molecule has 20 heteroatoms. The second-order valence-corrected chi connectivity index (χ2v) is 5.43. The molecule has 0 aromatic carbocycles. The van der Waals surface area contributed by atoms with Gasteiger partial charge in [-0.3, -0.25) is 19.2 Å². The minimum atomic E-state index is -1.54. The molecule has 0 aliphatic heterocycles. The number of carbonyl (C=O) groups is 8. The van der Waals surface area contributed by atoms with Gasteiger partial charge in [0.15, 0.2) is 0 Å². The summed E-state index contributed by atoms with van der Waals surface area (Å²) in [7, 11) is 0. The van der Waals surface area contributed by atoms with Crippen molar-refractivity contribution in [3.8, 4) is 0 Å². The molecule has 18 nitrogen and oxygen atoms in total. The number of carboxylic acids is 7. The van der Waals surface area contributed by atoms with E-state index in [2.05, 4.69) is 0 Å². The van der Waals surface area contributed by atoms with E-state index in [4.69, 9.17) is 37.6 Å². The van der Waals surface area contributed by atoms with E-state index in [1.165, 1.54) is 0 Å². The van der Waals surface area contributed by atoms with Crippen molar-refractivity contribution < 1.29 is 125 Å². The number of hydrogen-bond acceptors (Lipinski definition) is 14. The summed E-state index contributed by atoms with van der Waals surface area (Å²) in [4.78, 5) is 77.3. The Balaban J connectivity index is -0.0000000794. The predicted octanol–water partition coefficient (Wildman–Crippen LogP) is -11.1. The number of ketones is 1. The van der Waals surface area contributed by atoms with Gasteiger partial charge in [0.25, 0.3) is 0 Å². The van der Waals surface area contributed by atoms with Crippen molar-refractivity contribution in [1.29, 1.82) is 0 Å². The molecule has 0 saturated carbocycles. The van der Waals surface area contributed by atoms with Crippen LogP contribution in [-0.4, -0.2) is 109 Å². The first kappa shape index (κ1) is 46.6. The van der Waals surface area contributed by atoms with E-state index in [9.17, 15) is 53.7 Å². The van der Waals surface area contributed by atoms with Crippen LogP contribution in [0.25, 0.3) is 0 Å². The summed E-state index contributed by atoms with van der Waals surface area (Å²) in [5, 5.41) is 60.7. The Kier molecular flexibility index (Phi) is 35.7. The average Bonchev–Trinajstić information content (AvgIpc) is 2.61. The first-order valence-corrected chi connectivity index (χ1v) is 8.04. The van der Waals surface area contributed by atoms with Crippen LogP contribution in [0.2, 0.25) is 0 Å². The van der Waals surface area contributed by atoms with Crippen LogP contribution in [0, 0.1) is 0 Å². The van der Waals surface area contributed by atoms with Crippen LogP contribution in [0.4, 0.5) is 0 Å². The summed E-state index contributed by atoms with van der Waals surface area (Å²) in [5.74, 6) is -10.6. The predicted molar refractivity (Wildman–Crippen MR) is 99.8 cm³/mol. The standard InChI is InChI=1S/3C4H7NO4.C3H4O3.K.Mg/c3*5-2(4(8)9)1-3(6)7;1-2(4)3(5)6;;/h3*2H,1,5H2,(H,6,7)(H,8,9);1H3,(H,5,6);;/q;;;;+1;+2/p-3/t3*2-;;;/m000.../s1. The average molecular weight is 548 g/mol. The molecule has 0 spiro atoms. The molecule has 0 aliphatic carbocycles. The molecule has 0 rings (SSSR count). The zero-order valence-electron chi connectivity index (χ0n) is 18.6. The van der Waals surface area contributed by atoms with Gasteiger partial charge in [-0.15, -0.1) is 0 Å². The molecule has 35 heavy (non-hydrogen) atoms. The van der Waals surface area contributed by atoms with Crippen LogP contribution in [0.5, 0.6) is 0 Å². The van der Waals surface area contributed by atoms with Crippen LogP contribution in [0.1, 0.15) is 26.2 Å². The maximum atomic E-state index is 9.74. The summed E-state index contributed by atoms with van der Waals surface area (Å²) in [5.41, 5.74) is 14.3. The van der Waals surface area contributed by atoms with Crippen LogP contribution >= 0.6 is 0 Å². The number of carboxylic acid groups (broad SMARTS) is 7. The molecule has 0 unspecified atom stereocenters. The van der Waals surface area contributed by atoms with Gasteiger partial charge in [0, 0.05) is 6.92 Å². The minimum Gasteiger partial charge on any atom is -0.548 e. The van der Waals surface area contributed by atoms with Gasteiger partial charge in [0.2, 0.25) is 5.78 Å². The third kappa shape index (κ3) is 42.8. The van der Waals surface area contributed by atoms with Gasteiger partial charge in [-0.25, -0.2) is 4.79 Å². The van der Waals surface area contributed by atoms with Gasteiger partial charge in [0.05, 0.1) is 55.3 Å². The van der Waals surface area contributed by atoms with Gasteiger partial charge >= 0.3 is 98.3 Å². The van der Waals surface area contributed by atoms with E-state index in [0.29, 0.717) is 0 Å². The van der Waals surface area contributed by atoms with E-state index in [1.807, 2.05) is 0 Å². The van der Waals surface area contributed by atoms with Crippen molar-refractivity contribution >= 4 is 70.6 Å². The van der Waals surface area contributed by atoms with Crippen molar-refractivity contribution in [1.82, 2.24) is 0 Å². The number of carbonyl (C=O) groups excluding carboxylic acids is 4. The molecule has 0 fully saturated rings. The van der Waals surface area contributed by atoms with Crippen LogP contribution in [-0.2, 0) is 38.4 Å². The van der Waals surface area contributed by atoms with Crippen molar-refractivity contribution in [3.05, 3.63) is 0 Å². The Hall–Kier alpha value is -1.76. The molecule has 10 N–H and O–H groups in total. The molecular weight excluding hydrogens is 526 g/mol. The number of aliphatic carboxylic acids is 7. The Labute approximate surface area is 255 Å². The molecule has 0 aliphatic rings. The number of hydrogen-bond donors (Lipinski definition) is 7. The van der Waals surface area contributed by atoms with Crippen molar-refractivity contribution in [2.45, 2.75) is 44.3 Å².